The third-order valence-corrected chi connectivity index (χ3v) is 4.87. The molecule has 0 N–H and O–H groups in total. The highest BCUT2D eigenvalue weighted by Crippen LogP contribution is 2.11. The molecule has 0 spiro atoms. The molecule has 0 nitrogen and oxygen atoms in total. The van der Waals surface area contributed by atoms with Gasteiger partial charge in [0.2, 0.25) is 0 Å². The summed E-state index contributed by atoms with van der Waals surface area (Å²) in [7, 11) is 0. The van der Waals surface area contributed by atoms with Gasteiger partial charge in [0, 0.05) is 0 Å². The zero-order valence-electron chi connectivity index (χ0n) is 17.6. The highest BCUT2D eigenvalue weighted by molar-refractivity contribution is 5.56. The Kier molecular flexibility index (Phi) is 10.6. The van der Waals surface area contributed by atoms with Crippen LogP contribution in [0.1, 0.15) is 74.6 Å². The van der Waals surface area contributed by atoms with Gasteiger partial charge in [-0.1, -0.05) is 106 Å². The molecule has 28 heavy (non-hydrogen) atoms. The topological polar surface area (TPSA) is 0 Å². The summed E-state index contributed by atoms with van der Waals surface area (Å²) in [6.07, 6.45) is 18.2. The Balaban J connectivity index is 1.75. The molecular formula is C28H34. The fourth-order valence-electron chi connectivity index (χ4n) is 3.18. The fourth-order valence-corrected chi connectivity index (χ4v) is 3.18. The average molecular weight is 371 g/mol. The summed E-state index contributed by atoms with van der Waals surface area (Å²) in [5, 5.41) is 0. The second-order valence-corrected chi connectivity index (χ2v) is 7.35. The van der Waals surface area contributed by atoms with Gasteiger partial charge in [-0.15, -0.1) is 0 Å². The van der Waals surface area contributed by atoms with Crippen LogP contribution in [-0.2, 0) is 12.8 Å². The third kappa shape index (κ3) is 8.92. The third-order valence-electron chi connectivity index (χ3n) is 4.87. The van der Waals surface area contributed by atoms with Crippen molar-refractivity contribution in [3.8, 4) is 11.8 Å². The second kappa shape index (κ2) is 13.6. The molecule has 2 aromatic carbocycles. The summed E-state index contributed by atoms with van der Waals surface area (Å²) < 4.78 is 0. The van der Waals surface area contributed by atoms with E-state index in [2.05, 4.69) is 86.4 Å². The van der Waals surface area contributed by atoms with Gasteiger partial charge < -0.3 is 0 Å². The van der Waals surface area contributed by atoms with Crippen LogP contribution < -0.4 is 0 Å². The first-order valence-electron chi connectivity index (χ1n) is 10.8. The van der Waals surface area contributed by atoms with Gasteiger partial charge in [0.25, 0.3) is 0 Å². The lowest BCUT2D eigenvalue weighted by Crippen LogP contribution is -1.86. The van der Waals surface area contributed by atoms with Crippen molar-refractivity contribution in [2.75, 3.05) is 0 Å². The Labute approximate surface area is 172 Å². The van der Waals surface area contributed by atoms with Crippen molar-refractivity contribution in [1.29, 1.82) is 0 Å². The number of hydrogen-bond donors (Lipinski definition) is 0. The molecule has 2 aromatic rings. The lowest BCUT2D eigenvalue weighted by atomic mass is 10.0. The van der Waals surface area contributed by atoms with E-state index in [4.69, 9.17) is 0 Å². The molecule has 0 aliphatic rings. The SMILES string of the molecule is CCCCCCCc1ccc(/C=C/C#C/C=C/c2ccc(CCC)cc2)cc1. The smallest absolute Gasteiger partial charge is 0.0109 e. The summed E-state index contributed by atoms with van der Waals surface area (Å²) in [5.74, 6) is 6.17. The number of unbranched alkanes of at least 4 members (excludes halogenated alkanes) is 4. The van der Waals surface area contributed by atoms with E-state index in [9.17, 15) is 0 Å². The van der Waals surface area contributed by atoms with E-state index in [0.717, 1.165) is 6.42 Å². The summed E-state index contributed by atoms with van der Waals surface area (Å²) in [6, 6.07) is 17.6. The van der Waals surface area contributed by atoms with Crippen LogP contribution in [0.4, 0.5) is 0 Å². The molecule has 0 heterocycles. The van der Waals surface area contributed by atoms with Crippen LogP contribution in [0.2, 0.25) is 0 Å². The second-order valence-electron chi connectivity index (χ2n) is 7.35. The predicted molar refractivity (Wildman–Crippen MR) is 125 cm³/mol. The summed E-state index contributed by atoms with van der Waals surface area (Å²) in [6.45, 7) is 4.47. The van der Waals surface area contributed by atoms with Crippen LogP contribution in [0, 0.1) is 11.8 Å². The Morgan fingerprint density at radius 1 is 0.571 bits per heavy atom. The molecule has 0 aliphatic carbocycles. The molecule has 2 rings (SSSR count). The maximum Gasteiger partial charge on any atom is -0.0109 e. The van der Waals surface area contributed by atoms with E-state index < -0.39 is 0 Å². The zero-order chi connectivity index (χ0) is 19.9. The van der Waals surface area contributed by atoms with E-state index in [1.165, 1.54) is 67.2 Å². The average Bonchev–Trinajstić information content (AvgIpc) is 2.73. The molecule has 0 atom stereocenters. The van der Waals surface area contributed by atoms with Crippen molar-refractivity contribution in [2.45, 2.75) is 65.2 Å². The minimum atomic E-state index is 1.15. The Bertz CT molecular complexity index is 777. The van der Waals surface area contributed by atoms with Crippen LogP contribution >= 0.6 is 0 Å². The quantitative estimate of drug-likeness (QED) is 0.295. The van der Waals surface area contributed by atoms with Crippen molar-refractivity contribution in [3.63, 3.8) is 0 Å². The largest absolute Gasteiger partial charge is 0.0702 e. The molecule has 0 aliphatic heterocycles. The Morgan fingerprint density at radius 3 is 1.57 bits per heavy atom. The number of allylic oxidation sites excluding steroid dienone is 2. The fraction of sp³-hybridized carbons (Fsp3) is 0.357. The van der Waals surface area contributed by atoms with Crippen LogP contribution in [-0.4, -0.2) is 0 Å². The summed E-state index contributed by atoms with van der Waals surface area (Å²) in [5.41, 5.74) is 5.24. The van der Waals surface area contributed by atoms with E-state index in [-0.39, 0.29) is 0 Å². The maximum absolute atomic E-state index is 3.09. The maximum atomic E-state index is 3.09. The predicted octanol–water partition coefficient (Wildman–Crippen LogP) is 7.88. The molecule has 0 saturated carbocycles. The molecule has 0 radical (unpaired) electrons. The van der Waals surface area contributed by atoms with E-state index in [1.54, 1.807) is 0 Å². The highest BCUT2D eigenvalue weighted by atomic mass is 14.0. The van der Waals surface area contributed by atoms with Crippen LogP contribution in [0.15, 0.2) is 60.7 Å². The Morgan fingerprint density at radius 2 is 1.07 bits per heavy atom. The van der Waals surface area contributed by atoms with Crippen molar-refractivity contribution < 1.29 is 0 Å². The van der Waals surface area contributed by atoms with Crippen molar-refractivity contribution in [2.24, 2.45) is 0 Å². The number of aryl methyl sites for hydroxylation is 2. The molecule has 0 fully saturated rings. The molecular weight excluding hydrogens is 336 g/mol. The van der Waals surface area contributed by atoms with Crippen LogP contribution in [0.5, 0.6) is 0 Å². The molecule has 146 valence electrons. The number of rotatable bonds is 10. The van der Waals surface area contributed by atoms with Crippen molar-refractivity contribution >= 4 is 12.2 Å². The van der Waals surface area contributed by atoms with E-state index >= 15 is 0 Å². The first-order chi connectivity index (χ1) is 13.8. The lowest BCUT2D eigenvalue weighted by Gasteiger charge is -2.02. The highest BCUT2D eigenvalue weighted by Gasteiger charge is 1.94. The van der Waals surface area contributed by atoms with Crippen molar-refractivity contribution in [1.82, 2.24) is 0 Å². The van der Waals surface area contributed by atoms with Gasteiger partial charge in [0.15, 0.2) is 0 Å². The van der Waals surface area contributed by atoms with Crippen LogP contribution in [0.3, 0.4) is 0 Å². The molecule has 0 bridgehead atoms. The van der Waals surface area contributed by atoms with Crippen molar-refractivity contribution in [3.05, 3.63) is 82.9 Å². The standard InChI is InChI=1S/C28H34/c1-3-5-6-7-10-14-27-21-23-28(24-22-27)16-12-9-8-11-15-26-19-17-25(13-4-2)18-20-26/h11-12,15-24H,3-7,10,13-14H2,1-2H3/b15-11+,16-12+. The van der Waals surface area contributed by atoms with Gasteiger partial charge in [0.1, 0.15) is 0 Å². The van der Waals surface area contributed by atoms with E-state index in [1.807, 2.05) is 12.2 Å². The normalized spacial score (nSPS) is 11.1. The first-order valence-corrected chi connectivity index (χ1v) is 10.8. The zero-order valence-corrected chi connectivity index (χ0v) is 17.6. The van der Waals surface area contributed by atoms with Gasteiger partial charge in [-0.25, -0.2) is 0 Å². The monoisotopic (exact) mass is 370 g/mol. The molecule has 0 amide bonds. The summed E-state index contributed by atoms with van der Waals surface area (Å²) in [4.78, 5) is 0. The summed E-state index contributed by atoms with van der Waals surface area (Å²) >= 11 is 0. The van der Waals surface area contributed by atoms with Gasteiger partial charge in [-0.3, -0.25) is 0 Å². The minimum absolute atomic E-state index is 1.15. The van der Waals surface area contributed by atoms with Crippen LogP contribution in [0.25, 0.3) is 12.2 Å². The minimum Gasteiger partial charge on any atom is -0.0702 e. The van der Waals surface area contributed by atoms with Gasteiger partial charge in [0.05, 0.1) is 0 Å². The number of hydrogen-bond acceptors (Lipinski definition) is 0. The van der Waals surface area contributed by atoms with Gasteiger partial charge in [-0.05, 0) is 65.8 Å². The van der Waals surface area contributed by atoms with Gasteiger partial charge >= 0.3 is 0 Å². The molecule has 0 aromatic heterocycles. The first kappa shape index (κ1) is 21.8. The molecule has 0 saturated heterocycles. The van der Waals surface area contributed by atoms with Gasteiger partial charge in [-0.2, -0.15) is 0 Å². The molecule has 0 unspecified atom stereocenters. The van der Waals surface area contributed by atoms with E-state index in [0.29, 0.717) is 0 Å². The molecule has 0 heteroatoms. The lowest BCUT2D eigenvalue weighted by molar-refractivity contribution is 0.632. The number of benzene rings is 2. The Hall–Kier alpha value is -2.52.